The number of para-hydroxylation sites is 1. The lowest BCUT2D eigenvalue weighted by Gasteiger charge is -2.28. The molecule has 268 valence electrons. The van der Waals surface area contributed by atoms with Gasteiger partial charge in [-0.2, -0.15) is 0 Å². The van der Waals surface area contributed by atoms with E-state index in [1.165, 1.54) is 65.5 Å². The first-order chi connectivity index (χ1) is 27.4. The van der Waals surface area contributed by atoms with E-state index in [2.05, 4.69) is 214 Å². The van der Waals surface area contributed by atoms with Crippen molar-refractivity contribution in [3.63, 3.8) is 0 Å². The van der Waals surface area contributed by atoms with E-state index in [9.17, 15) is 0 Å². The van der Waals surface area contributed by atoms with E-state index in [1.807, 2.05) is 6.07 Å². The van der Waals surface area contributed by atoms with Crippen molar-refractivity contribution >= 4 is 60.3 Å². The molecule has 0 fully saturated rings. The summed E-state index contributed by atoms with van der Waals surface area (Å²) in [6.45, 7) is 6.80. The van der Waals surface area contributed by atoms with E-state index in [0.717, 1.165) is 34.0 Å². The molecule has 0 aliphatic rings. The minimum atomic E-state index is -0.116. The van der Waals surface area contributed by atoms with Gasteiger partial charge in [-0.05, 0) is 91.0 Å². The van der Waals surface area contributed by atoms with Gasteiger partial charge in [0.25, 0.3) is 0 Å². The van der Waals surface area contributed by atoms with Crippen molar-refractivity contribution in [2.24, 2.45) is 0 Å². The monoisotopic (exact) mass is 719 g/mol. The predicted octanol–water partition coefficient (Wildman–Crippen LogP) is 15.7. The molecule has 0 unspecified atom stereocenters. The molecule has 0 aliphatic carbocycles. The van der Waals surface area contributed by atoms with Gasteiger partial charge in [-0.15, -0.1) is 0 Å². The SMILES string of the molecule is CC(C)(C)c1c(-c2cccc(N(c3ccc(-c4ccc(-c5cccc6ccccc56)cc4)cc3)c3cc4ccccc4c4ccccc34)c2)oc2ccccc12. The highest BCUT2D eigenvalue weighted by molar-refractivity contribution is 6.14. The molecule has 10 rings (SSSR count). The molecule has 9 aromatic carbocycles. The fraction of sp³-hybridized carbons (Fsp3) is 0.0741. The molecule has 2 heteroatoms. The van der Waals surface area contributed by atoms with Gasteiger partial charge in [0.15, 0.2) is 0 Å². The summed E-state index contributed by atoms with van der Waals surface area (Å²) in [5, 5.41) is 8.58. The van der Waals surface area contributed by atoms with Crippen LogP contribution in [0, 0.1) is 0 Å². The molecule has 0 saturated carbocycles. The van der Waals surface area contributed by atoms with Gasteiger partial charge in [0.2, 0.25) is 0 Å². The fourth-order valence-electron chi connectivity index (χ4n) is 8.55. The molecule has 1 heterocycles. The van der Waals surface area contributed by atoms with Crippen molar-refractivity contribution in [3.05, 3.63) is 200 Å². The van der Waals surface area contributed by atoms with Gasteiger partial charge >= 0.3 is 0 Å². The van der Waals surface area contributed by atoms with Crippen LogP contribution in [0.3, 0.4) is 0 Å². The molecule has 0 atom stereocenters. The number of nitrogens with zero attached hydrogens (tertiary/aromatic N) is 1. The second kappa shape index (κ2) is 13.4. The van der Waals surface area contributed by atoms with Gasteiger partial charge in [-0.1, -0.05) is 178 Å². The summed E-state index contributed by atoms with van der Waals surface area (Å²) in [5.41, 5.74) is 11.2. The lowest BCUT2D eigenvalue weighted by Crippen LogP contribution is -2.12. The number of fused-ring (bicyclic) bond motifs is 5. The Morgan fingerprint density at radius 2 is 0.964 bits per heavy atom. The van der Waals surface area contributed by atoms with Crippen LogP contribution in [-0.2, 0) is 5.41 Å². The third kappa shape index (κ3) is 5.82. The third-order valence-corrected chi connectivity index (χ3v) is 11.1. The van der Waals surface area contributed by atoms with E-state index in [4.69, 9.17) is 4.42 Å². The molecule has 0 bridgehead atoms. The maximum absolute atomic E-state index is 6.69. The number of anilines is 3. The van der Waals surface area contributed by atoms with Crippen LogP contribution in [0.2, 0.25) is 0 Å². The minimum absolute atomic E-state index is 0.116. The molecule has 1 aromatic heterocycles. The number of rotatable bonds is 6. The van der Waals surface area contributed by atoms with Crippen molar-refractivity contribution in [2.75, 3.05) is 4.90 Å². The van der Waals surface area contributed by atoms with Crippen LogP contribution >= 0.6 is 0 Å². The van der Waals surface area contributed by atoms with Crippen LogP contribution in [0.1, 0.15) is 26.3 Å². The summed E-state index contributed by atoms with van der Waals surface area (Å²) < 4.78 is 6.69. The standard InChI is InChI=1S/C54H41NO/c1-54(2,3)52-49-23-10-11-25-51(49)56-53(52)41-17-12-18-43(34-41)55(50-35-40-15-5-7-20-46(40)47-21-8-9-22-48(47)50)42-32-30-37(31-33-42)36-26-28-39(29-27-36)45-24-13-16-38-14-4-6-19-44(38)45/h4-35H,1-3H3. The average molecular weight is 720 g/mol. The quantitative estimate of drug-likeness (QED) is 0.159. The molecule has 0 N–H and O–H groups in total. The van der Waals surface area contributed by atoms with Crippen molar-refractivity contribution < 1.29 is 4.42 Å². The summed E-state index contributed by atoms with van der Waals surface area (Å²) in [4.78, 5) is 2.41. The molecule has 0 radical (unpaired) electrons. The maximum Gasteiger partial charge on any atom is 0.139 e. The zero-order chi connectivity index (χ0) is 37.8. The Kier molecular flexibility index (Phi) is 8.08. The predicted molar refractivity (Wildman–Crippen MR) is 238 cm³/mol. The first kappa shape index (κ1) is 33.7. The van der Waals surface area contributed by atoms with Gasteiger partial charge < -0.3 is 9.32 Å². The zero-order valence-corrected chi connectivity index (χ0v) is 31.8. The van der Waals surface area contributed by atoms with Crippen LogP contribution in [-0.4, -0.2) is 0 Å². The van der Waals surface area contributed by atoms with Crippen LogP contribution in [0.25, 0.3) is 76.9 Å². The minimum Gasteiger partial charge on any atom is -0.456 e. The maximum atomic E-state index is 6.69. The van der Waals surface area contributed by atoms with Gasteiger partial charge in [0, 0.05) is 33.3 Å². The zero-order valence-electron chi connectivity index (χ0n) is 31.8. The molecule has 0 saturated heterocycles. The van der Waals surface area contributed by atoms with Crippen molar-refractivity contribution in [1.29, 1.82) is 0 Å². The highest BCUT2D eigenvalue weighted by Gasteiger charge is 2.27. The Bertz CT molecular complexity index is 3050. The number of benzene rings is 9. The first-order valence-corrected chi connectivity index (χ1v) is 19.4. The van der Waals surface area contributed by atoms with Crippen LogP contribution < -0.4 is 4.90 Å². The van der Waals surface area contributed by atoms with Gasteiger partial charge in [-0.3, -0.25) is 0 Å². The Morgan fingerprint density at radius 1 is 0.393 bits per heavy atom. The molecular formula is C54H41NO. The van der Waals surface area contributed by atoms with E-state index in [1.54, 1.807) is 0 Å². The molecule has 0 spiro atoms. The van der Waals surface area contributed by atoms with E-state index < -0.39 is 0 Å². The lowest BCUT2D eigenvalue weighted by atomic mass is 9.83. The van der Waals surface area contributed by atoms with Crippen molar-refractivity contribution in [3.8, 4) is 33.6 Å². The molecule has 10 aromatic rings. The second-order valence-electron chi connectivity index (χ2n) is 15.8. The lowest BCUT2D eigenvalue weighted by molar-refractivity contribution is 0.568. The molecular weight excluding hydrogens is 679 g/mol. The summed E-state index contributed by atoms with van der Waals surface area (Å²) in [6.07, 6.45) is 0. The Labute approximate surface area is 327 Å². The summed E-state index contributed by atoms with van der Waals surface area (Å²) in [6, 6.07) is 70.2. The first-order valence-electron chi connectivity index (χ1n) is 19.4. The topological polar surface area (TPSA) is 16.4 Å². The largest absolute Gasteiger partial charge is 0.456 e. The Hall–Kier alpha value is -6.90. The summed E-state index contributed by atoms with van der Waals surface area (Å²) >= 11 is 0. The van der Waals surface area contributed by atoms with Crippen LogP contribution in [0.4, 0.5) is 17.1 Å². The van der Waals surface area contributed by atoms with E-state index >= 15 is 0 Å². The van der Waals surface area contributed by atoms with Crippen LogP contribution in [0.15, 0.2) is 199 Å². The average Bonchev–Trinajstić information content (AvgIpc) is 3.65. The molecule has 0 amide bonds. The fourth-order valence-corrected chi connectivity index (χ4v) is 8.55. The third-order valence-electron chi connectivity index (χ3n) is 11.1. The summed E-state index contributed by atoms with van der Waals surface area (Å²) in [5.74, 6) is 0.922. The molecule has 0 aliphatic heterocycles. The smallest absolute Gasteiger partial charge is 0.139 e. The normalized spacial score (nSPS) is 11.8. The number of furan rings is 1. The van der Waals surface area contributed by atoms with Crippen molar-refractivity contribution in [1.82, 2.24) is 0 Å². The highest BCUT2D eigenvalue weighted by Crippen LogP contribution is 2.46. The number of hydrogen-bond acceptors (Lipinski definition) is 2. The van der Waals surface area contributed by atoms with Crippen LogP contribution in [0.5, 0.6) is 0 Å². The van der Waals surface area contributed by atoms with E-state index in [0.29, 0.717) is 0 Å². The highest BCUT2D eigenvalue weighted by atomic mass is 16.3. The van der Waals surface area contributed by atoms with Gasteiger partial charge in [0.05, 0.1) is 5.69 Å². The van der Waals surface area contributed by atoms with Gasteiger partial charge in [-0.25, -0.2) is 0 Å². The Morgan fingerprint density at radius 3 is 1.71 bits per heavy atom. The van der Waals surface area contributed by atoms with Crippen molar-refractivity contribution in [2.45, 2.75) is 26.2 Å². The number of hydrogen-bond donors (Lipinski definition) is 0. The molecule has 56 heavy (non-hydrogen) atoms. The Balaban J connectivity index is 1.11. The van der Waals surface area contributed by atoms with Gasteiger partial charge in [0.1, 0.15) is 11.3 Å². The van der Waals surface area contributed by atoms with E-state index in [-0.39, 0.29) is 5.41 Å². The second-order valence-corrected chi connectivity index (χ2v) is 15.8. The molecule has 2 nitrogen and oxygen atoms in total. The summed E-state index contributed by atoms with van der Waals surface area (Å²) in [7, 11) is 0.